The van der Waals surface area contributed by atoms with E-state index in [1.54, 1.807) is 0 Å². The zero-order valence-corrected chi connectivity index (χ0v) is 16.2. The smallest absolute Gasteiger partial charge is 0.152 e. The average molecular weight is 358 g/mol. The van der Waals surface area contributed by atoms with Gasteiger partial charge in [-0.1, -0.05) is 45.4 Å². The molecule has 2 heterocycles. The van der Waals surface area contributed by atoms with Crippen molar-refractivity contribution in [3.8, 4) is 0 Å². The second-order valence-corrected chi connectivity index (χ2v) is 5.97. The van der Waals surface area contributed by atoms with Gasteiger partial charge in [0.15, 0.2) is 5.82 Å². The Bertz CT molecular complexity index is 828. The predicted octanol–water partition coefficient (Wildman–Crippen LogP) is 3.70. The van der Waals surface area contributed by atoms with E-state index in [-0.39, 0.29) is 0 Å². The highest BCUT2D eigenvalue weighted by Gasteiger charge is 2.18. The van der Waals surface area contributed by atoms with Crippen molar-refractivity contribution in [1.82, 2.24) is 14.7 Å². The molecule has 0 aliphatic heterocycles. The van der Waals surface area contributed by atoms with E-state index in [2.05, 4.69) is 11.9 Å². The molecule has 0 spiro atoms. The number of aromatic nitrogens is 3. The number of benzene rings is 1. The van der Waals surface area contributed by atoms with Crippen molar-refractivity contribution in [3.05, 3.63) is 30.1 Å². The van der Waals surface area contributed by atoms with E-state index in [1.165, 1.54) is 0 Å². The second-order valence-electron chi connectivity index (χ2n) is 5.97. The molecule has 26 heavy (non-hydrogen) atoms. The van der Waals surface area contributed by atoms with Crippen molar-refractivity contribution in [2.24, 2.45) is 5.73 Å². The third kappa shape index (κ3) is 4.25. The van der Waals surface area contributed by atoms with Crippen LogP contribution in [0.2, 0.25) is 0 Å². The van der Waals surface area contributed by atoms with Crippen LogP contribution in [-0.4, -0.2) is 27.9 Å². The molecular weight excluding hydrogens is 326 g/mol. The van der Waals surface area contributed by atoms with Crippen molar-refractivity contribution in [1.29, 1.82) is 0 Å². The maximum absolute atomic E-state index is 6.15. The largest absolute Gasteiger partial charge is 0.412 e. The molecule has 6 heteroatoms. The third-order valence-corrected chi connectivity index (χ3v) is 4.12. The number of pyridine rings is 1. The first-order valence-corrected chi connectivity index (χ1v) is 9.65. The minimum absolute atomic E-state index is 0.450. The number of nitrogens with two attached hydrogens (primary N) is 2. The van der Waals surface area contributed by atoms with Gasteiger partial charge in [0.2, 0.25) is 0 Å². The number of hydrogen-bond donors (Lipinski definition) is 2. The molecule has 2 aromatic heterocycles. The van der Waals surface area contributed by atoms with E-state index in [4.69, 9.17) is 21.3 Å². The van der Waals surface area contributed by atoms with Crippen LogP contribution in [0.15, 0.2) is 24.3 Å². The van der Waals surface area contributed by atoms with E-state index in [0.29, 0.717) is 19.0 Å². The summed E-state index contributed by atoms with van der Waals surface area (Å²) in [5.41, 5.74) is 14.2. The normalized spacial score (nSPS) is 10.8. The van der Waals surface area contributed by atoms with E-state index in [9.17, 15) is 0 Å². The first-order valence-electron chi connectivity index (χ1n) is 9.65. The van der Waals surface area contributed by atoms with Crippen molar-refractivity contribution >= 4 is 27.8 Å². The molecule has 6 nitrogen and oxygen atoms in total. The van der Waals surface area contributed by atoms with Crippen LogP contribution in [0.25, 0.3) is 21.9 Å². The lowest BCUT2D eigenvalue weighted by Gasteiger charge is -2.12. The van der Waals surface area contributed by atoms with E-state index in [0.717, 1.165) is 59.9 Å². The van der Waals surface area contributed by atoms with Crippen molar-refractivity contribution in [2.75, 3.05) is 18.9 Å². The number of nitrogens with zero attached hydrogens (tertiary/aromatic N) is 3. The summed E-state index contributed by atoms with van der Waals surface area (Å²) < 4.78 is 1.86. The van der Waals surface area contributed by atoms with Crippen LogP contribution in [0.5, 0.6) is 0 Å². The van der Waals surface area contributed by atoms with Crippen LogP contribution >= 0.6 is 0 Å². The number of unbranched alkanes of at least 4 members (excludes halogenated alkanes) is 2. The Kier molecular flexibility index (Phi) is 7.66. The maximum atomic E-state index is 6.15. The van der Waals surface area contributed by atoms with Crippen LogP contribution in [0.3, 0.4) is 0 Å². The molecule has 0 amide bonds. The molecule has 4 N–H and O–H groups in total. The molecule has 0 saturated heterocycles. The topological polar surface area (TPSA) is 92.0 Å². The van der Waals surface area contributed by atoms with Gasteiger partial charge in [-0.05, 0) is 31.9 Å². The number of hydrogen-bond acceptors (Lipinski definition) is 5. The average Bonchev–Trinajstić information content (AvgIpc) is 3.05. The van der Waals surface area contributed by atoms with Gasteiger partial charge in [-0.3, -0.25) is 0 Å². The standard InChI is InChI=1S/C18H25N5O.C2H6/c1-2-3-10-15-22-16-17(23(15)24-12-7-6-11-19)13-8-4-5-9-14(13)21-18(16)20;1-2/h4-5,8-9H,2-3,6-7,10-12,19H2,1H3,(H2,20,21);1-2H3. The van der Waals surface area contributed by atoms with E-state index < -0.39 is 0 Å². The SMILES string of the molecule is CC.CCCCc1nc2c(N)nc3ccccc3c2n1OCCCCN. The summed E-state index contributed by atoms with van der Waals surface area (Å²) in [5, 5.41) is 1.01. The summed E-state index contributed by atoms with van der Waals surface area (Å²) in [7, 11) is 0. The highest BCUT2D eigenvalue weighted by Crippen LogP contribution is 2.28. The molecule has 0 aliphatic carbocycles. The van der Waals surface area contributed by atoms with E-state index >= 15 is 0 Å². The lowest BCUT2D eigenvalue weighted by Crippen LogP contribution is -2.17. The van der Waals surface area contributed by atoms with Gasteiger partial charge in [-0.15, -0.1) is 0 Å². The van der Waals surface area contributed by atoms with Crippen LogP contribution in [0.1, 0.15) is 52.3 Å². The van der Waals surface area contributed by atoms with Crippen LogP contribution in [0, 0.1) is 0 Å². The molecule has 1 aromatic carbocycles. The van der Waals surface area contributed by atoms with Crippen molar-refractivity contribution in [2.45, 2.75) is 52.9 Å². The van der Waals surface area contributed by atoms with Gasteiger partial charge in [0.1, 0.15) is 23.5 Å². The van der Waals surface area contributed by atoms with Gasteiger partial charge >= 0.3 is 0 Å². The molecular formula is C20H31N5O. The van der Waals surface area contributed by atoms with Gasteiger partial charge in [-0.25, -0.2) is 9.97 Å². The molecule has 0 bridgehead atoms. The van der Waals surface area contributed by atoms with Crippen molar-refractivity contribution in [3.63, 3.8) is 0 Å². The number of imidazole rings is 1. The van der Waals surface area contributed by atoms with Crippen molar-refractivity contribution < 1.29 is 4.84 Å². The Hall–Kier alpha value is -2.34. The monoisotopic (exact) mass is 357 g/mol. The number of anilines is 1. The first kappa shape index (κ1) is 20.0. The summed E-state index contributed by atoms with van der Waals surface area (Å²) in [5.74, 6) is 1.36. The van der Waals surface area contributed by atoms with Crippen LogP contribution in [0.4, 0.5) is 5.82 Å². The van der Waals surface area contributed by atoms with Gasteiger partial charge in [-0.2, -0.15) is 4.73 Å². The number of nitrogen functional groups attached to an aromatic ring is 1. The number of para-hydroxylation sites is 1. The Labute approximate surface area is 155 Å². The lowest BCUT2D eigenvalue weighted by molar-refractivity contribution is 0.109. The number of fused-ring (bicyclic) bond motifs is 3. The fourth-order valence-corrected chi connectivity index (χ4v) is 2.86. The van der Waals surface area contributed by atoms with Crippen LogP contribution < -0.4 is 16.3 Å². The molecule has 3 aromatic rings. The predicted molar refractivity (Wildman–Crippen MR) is 109 cm³/mol. The Morgan fingerprint density at radius 2 is 1.85 bits per heavy atom. The zero-order chi connectivity index (χ0) is 18.9. The number of rotatable bonds is 8. The molecule has 0 aliphatic rings. The Morgan fingerprint density at radius 3 is 2.58 bits per heavy atom. The summed E-state index contributed by atoms with van der Waals surface area (Å²) in [6, 6.07) is 7.95. The van der Waals surface area contributed by atoms with Gasteiger partial charge in [0.25, 0.3) is 0 Å². The summed E-state index contributed by atoms with van der Waals surface area (Å²) in [4.78, 5) is 15.3. The molecule has 3 rings (SSSR count). The molecule has 0 unspecified atom stereocenters. The zero-order valence-electron chi connectivity index (χ0n) is 16.2. The summed E-state index contributed by atoms with van der Waals surface area (Å²) in [6.07, 6.45) is 4.88. The highest BCUT2D eigenvalue weighted by atomic mass is 16.7. The second kappa shape index (κ2) is 9.97. The third-order valence-electron chi connectivity index (χ3n) is 4.12. The Balaban J connectivity index is 0.00000117. The molecule has 0 saturated carbocycles. The maximum Gasteiger partial charge on any atom is 0.152 e. The first-order chi connectivity index (χ1) is 12.8. The minimum atomic E-state index is 0.450. The number of aryl methyl sites for hydroxylation is 1. The molecule has 142 valence electrons. The fourth-order valence-electron chi connectivity index (χ4n) is 2.86. The highest BCUT2D eigenvalue weighted by molar-refractivity contribution is 6.06. The minimum Gasteiger partial charge on any atom is -0.412 e. The van der Waals surface area contributed by atoms with Gasteiger partial charge in [0.05, 0.1) is 5.52 Å². The Morgan fingerprint density at radius 1 is 1.08 bits per heavy atom. The summed E-state index contributed by atoms with van der Waals surface area (Å²) in [6.45, 7) is 7.45. The molecule has 0 atom stereocenters. The lowest BCUT2D eigenvalue weighted by atomic mass is 10.2. The quantitative estimate of drug-likeness (QED) is 0.600. The van der Waals surface area contributed by atoms with Crippen LogP contribution in [-0.2, 0) is 6.42 Å². The molecule has 0 radical (unpaired) electrons. The van der Waals surface area contributed by atoms with Gasteiger partial charge < -0.3 is 16.3 Å². The fraction of sp³-hybridized carbons (Fsp3) is 0.500. The van der Waals surface area contributed by atoms with E-state index in [1.807, 2.05) is 42.8 Å². The van der Waals surface area contributed by atoms with Gasteiger partial charge in [0, 0.05) is 11.8 Å². The summed E-state index contributed by atoms with van der Waals surface area (Å²) >= 11 is 0. The molecule has 0 fully saturated rings.